The van der Waals surface area contributed by atoms with Gasteiger partial charge in [-0.05, 0) is 94.0 Å². The van der Waals surface area contributed by atoms with Gasteiger partial charge in [0.25, 0.3) is 0 Å². The Labute approximate surface area is 298 Å². The highest BCUT2D eigenvalue weighted by molar-refractivity contribution is 5.86. The van der Waals surface area contributed by atoms with Gasteiger partial charge in [0.15, 0.2) is 0 Å². The second-order valence-corrected chi connectivity index (χ2v) is 14.9. The van der Waals surface area contributed by atoms with E-state index >= 15 is 0 Å². The first-order chi connectivity index (χ1) is 24.1. The highest BCUT2D eigenvalue weighted by atomic mass is 14.5. The fourth-order valence-corrected chi connectivity index (χ4v) is 8.32. The van der Waals surface area contributed by atoms with Crippen molar-refractivity contribution in [3.05, 3.63) is 143 Å². The molecule has 5 aromatic rings. The van der Waals surface area contributed by atoms with Crippen LogP contribution in [0.25, 0.3) is 33.4 Å². The van der Waals surface area contributed by atoms with Crippen LogP contribution in [0.3, 0.4) is 0 Å². The highest BCUT2D eigenvalue weighted by Crippen LogP contribution is 2.55. The molecule has 0 radical (unpaired) electrons. The Kier molecular flexibility index (Phi) is 12.2. The smallest absolute Gasteiger partial charge is 0.0215 e. The maximum atomic E-state index is 2.60. The number of hydrogen-bond donors (Lipinski definition) is 0. The van der Waals surface area contributed by atoms with E-state index in [0.717, 1.165) is 6.42 Å². The zero-order chi connectivity index (χ0) is 33.9. The van der Waals surface area contributed by atoms with Gasteiger partial charge in [-0.3, -0.25) is 0 Å². The van der Waals surface area contributed by atoms with Crippen LogP contribution < -0.4 is 0 Å². The molecule has 0 heteroatoms. The number of benzene rings is 5. The molecule has 0 atom stereocenters. The van der Waals surface area contributed by atoms with Crippen molar-refractivity contribution in [3.8, 4) is 33.4 Å². The van der Waals surface area contributed by atoms with Crippen molar-refractivity contribution in [1.82, 2.24) is 0 Å². The van der Waals surface area contributed by atoms with Crippen molar-refractivity contribution in [2.45, 2.75) is 122 Å². The van der Waals surface area contributed by atoms with Crippen LogP contribution in [0.4, 0.5) is 0 Å². The molecule has 0 nitrogen and oxygen atoms in total. The Balaban J connectivity index is 1.37. The Morgan fingerprint density at radius 3 is 1.35 bits per heavy atom. The molecule has 0 unspecified atom stereocenters. The van der Waals surface area contributed by atoms with Gasteiger partial charge in [0.2, 0.25) is 0 Å². The molecule has 0 amide bonds. The van der Waals surface area contributed by atoms with Crippen molar-refractivity contribution in [2.75, 3.05) is 0 Å². The van der Waals surface area contributed by atoms with Gasteiger partial charge in [0.05, 0.1) is 0 Å². The lowest BCUT2D eigenvalue weighted by atomic mass is 9.70. The Bertz CT molecular complexity index is 1720. The Morgan fingerprint density at radius 1 is 0.408 bits per heavy atom. The maximum absolute atomic E-state index is 2.60. The first-order valence-corrected chi connectivity index (χ1v) is 19.6. The molecule has 0 heterocycles. The molecule has 254 valence electrons. The van der Waals surface area contributed by atoms with E-state index in [0.29, 0.717) is 0 Å². The summed E-state index contributed by atoms with van der Waals surface area (Å²) in [7, 11) is 0. The van der Waals surface area contributed by atoms with Gasteiger partial charge in [0, 0.05) is 5.41 Å². The van der Waals surface area contributed by atoms with E-state index in [2.05, 4.69) is 136 Å². The zero-order valence-corrected chi connectivity index (χ0v) is 30.6. The van der Waals surface area contributed by atoms with Crippen molar-refractivity contribution < 1.29 is 0 Å². The van der Waals surface area contributed by atoms with Crippen LogP contribution in [0.1, 0.15) is 132 Å². The monoisotopic (exact) mass is 646 g/mol. The van der Waals surface area contributed by atoms with E-state index in [1.165, 1.54) is 140 Å². The molecular formula is C49H58. The molecule has 0 fully saturated rings. The molecule has 0 aliphatic heterocycles. The Hall–Kier alpha value is -3.90. The third kappa shape index (κ3) is 8.46. The van der Waals surface area contributed by atoms with Gasteiger partial charge in [-0.15, -0.1) is 0 Å². The van der Waals surface area contributed by atoms with Crippen LogP contribution in [-0.2, 0) is 11.8 Å². The molecule has 1 aliphatic rings. The summed E-state index contributed by atoms with van der Waals surface area (Å²) < 4.78 is 0. The summed E-state index contributed by atoms with van der Waals surface area (Å²) in [6, 6.07) is 44.2. The van der Waals surface area contributed by atoms with Gasteiger partial charge >= 0.3 is 0 Å². The van der Waals surface area contributed by atoms with E-state index < -0.39 is 0 Å². The zero-order valence-electron chi connectivity index (χ0n) is 30.6. The lowest BCUT2D eigenvalue weighted by Gasteiger charge is -2.33. The summed E-state index contributed by atoms with van der Waals surface area (Å²) in [6.07, 6.45) is 19.5. The summed E-state index contributed by atoms with van der Waals surface area (Å²) in [5.41, 5.74) is 15.6. The van der Waals surface area contributed by atoms with E-state index in [1.54, 1.807) is 11.1 Å². The molecule has 0 spiro atoms. The number of unbranched alkanes of at least 4 members (excludes halogenated alkanes) is 10. The SMILES string of the molecule is CCCCCCCCC1(CCCCCCCC)c2cc(-c3ccc(C)cc3)ccc2-c2ccc(-c3ccc(Cc4ccccc4)cc3)cc21. The van der Waals surface area contributed by atoms with Crippen molar-refractivity contribution in [3.63, 3.8) is 0 Å². The average Bonchev–Trinajstić information content (AvgIpc) is 3.40. The van der Waals surface area contributed by atoms with E-state index in [-0.39, 0.29) is 5.41 Å². The number of fused-ring (bicyclic) bond motifs is 3. The summed E-state index contributed by atoms with van der Waals surface area (Å²) in [6.45, 7) is 6.83. The fraction of sp³-hybridized carbons (Fsp3) is 0.388. The average molecular weight is 647 g/mol. The maximum Gasteiger partial charge on any atom is 0.0215 e. The largest absolute Gasteiger partial charge is 0.0654 e. The molecule has 0 bridgehead atoms. The predicted octanol–water partition coefficient (Wildman–Crippen LogP) is 14.7. The minimum Gasteiger partial charge on any atom is -0.0654 e. The van der Waals surface area contributed by atoms with Crippen molar-refractivity contribution in [1.29, 1.82) is 0 Å². The quantitative estimate of drug-likeness (QED) is 0.0831. The lowest BCUT2D eigenvalue weighted by molar-refractivity contribution is 0.398. The molecule has 0 aromatic heterocycles. The minimum absolute atomic E-state index is 0.0597. The first-order valence-electron chi connectivity index (χ1n) is 19.6. The van der Waals surface area contributed by atoms with Gasteiger partial charge in [-0.2, -0.15) is 0 Å². The fourth-order valence-electron chi connectivity index (χ4n) is 8.32. The van der Waals surface area contributed by atoms with Gasteiger partial charge in [0.1, 0.15) is 0 Å². The van der Waals surface area contributed by atoms with Crippen molar-refractivity contribution >= 4 is 0 Å². The molecule has 49 heavy (non-hydrogen) atoms. The molecule has 0 saturated heterocycles. The van der Waals surface area contributed by atoms with Crippen LogP contribution in [0, 0.1) is 6.92 Å². The van der Waals surface area contributed by atoms with Crippen LogP contribution in [0.2, 0.25) is 0 Å². The standard InChI is InChI=1S/C49H58/c1-4-6-8-10-12-17-33-49(34-18-13-11-9-7-5-2)47-36-43(41-25-21-38(3)22-26-41)29-31-45(47)46-32-30-44(37-48(46)49)42-27-23-40(24-28-42)35-39-19-15-14-16-20-39/h14-16,19-32,36-37H,4-13,17-18,33-35H2,1-3H3. The van der Waals surface area contributed by atoms with Gasteiger partial charge < -0.3 is 0 Å². The summed E-state index contributed by atoms with van der Waals surface area (Å²) >= 11 is 0. The molecule has 0 saturated carbocycles. The predicted molar refractivity (Wildman–Crippen MR) is 214 cm³/mol. The van der Waals surface area contributed by atoms with Crippen LogP contribution >= 0.6 is 0 Å². The van der Waals surface area contributed by atoms with Crippen LogP contribution in [-0.4, -0.2) is 0 Å². The summed E-state index contributed by atoms with van der Waals surface area (Å²) in [5.74, 6) is 0. The lowest BCUT2D eigenvalue weighted by Crippen LogP contribution is -2.25. The second kappa shape index (κ2) is 17.2. The number of rotatable bonds is 18. The third-order valence-corrected chi connectivity index (χ3v) is 11.2. The van der Waals surface area contributed by atoms with E-state index in [1.807, 2.05) is 0 Å². The second-order valence-electron chi connectivity index (χ2n) is 14.9. The number of aryl methyl sites for hydroxylation is 1. The molecule has 0 N–H and O–H groups in total. The number of hydrogen-bond acceptors (Lipinski definition) is 0. The minimum atomic E-state index is 0.0597. The molecule has 1 aliphatic carbocycles. The summed E-state index contributed by atoms with van der Waals surface area (Å²) in [5, 5.41) is 0. The van der Waals surface area contributed by atoms with Crippen molar-refractivity contribution in [2.24, 2.45) is 0 Å². The normalized spacial score (nSPS) is 13.0. The molecule has 5 aromatic carbocycles. The first kappa shape index (κ1) is 34.9. The van der Waals surface area contributed by atoms with Crippen LogP contribution in [0.15, 0.2) is 115 Å². The molecule has 6 rings (SSSR count). The topological polar surface area (TPSA) is 0 Å². The third-order valence-electron chi connectivity index (χ3n) is 11.2. The van der Waals surface area contributed by atoms with E-state index in [4.69, 9.17) is 0 Å². The summed E-state index contributed by atoms with van der Waals surface area (Å²) in [4.78, 5) is 0. The highest BCUT2D eigenvalue weighted by Gasteiger charge is 2.42. The van der Waals surface area contributed by atoms with Gasteiger partial charge in [-0.1, -0.05) is 200 Å². The Morgan fingerprint density at radius 2 is 0.837 bits per heavy atom. The van der Waals surface area contributed by atoms with Gasteiger partial charge in [-0.25, -0.2) is 0 Å². The molecular weight excluding hydrogens is 589 g/mol. The van der Waals surface area contributed by atoms with E-state index in [9.17, 15) is 0 Å². The van der Waals surface area contributed by atoms with Crippen LogP contribution in [0.5, 0.6) is 0 Å².